The van der Waals surface area contributed by atoms with Crippen LogP contribution < -0.4 is 10.6 Å². The summed E-state index contributed by atoms with van der Waals surface area (Å²) < 4.78 is -0.0882. The third-order valence-electron chi connectivity index (χ3n) is 1.59. The van der Waals surface area contributed by atoms with Crippen molar-refractivity contribution in [3.05, 3.63) is 20.2 Å². The molecule has 0 spiro atoms. The van der Waals surface area contributed by atoms with E-state index < -0.39 is 28.2 Å². The highest BCUT2D eigenvalue weighted by Gasteiger charge is 2.48. The third kappa shape index (κ3) is 3.31. The van der Waals surface area contributed by atoms with E-state index in [2.05, 4.69) is 0 Å². The fraction of sp³-hybridized carbons (Fsp3) is 0.600. The van der Waals surface area contributed by atoms with E-state index in [4.69, 9.17) is 11.8 Å². The Balaban J connectivity index is 5.46. The number of carbonyl (C=O) groups excluding carboxylic acids is 2. The van der Waals surface area contributed by atoms with E-state index in [1.54, 1.807) is 0 Å². The predicted octanol–water partition coefficient (Wildman–Crippen LogP) is -0.825. The molecule has 0 saturated carbocycles. The third-order valence-corrected chi connectivity index (χ3v) is 1.90. The van der Waals surface area contributed by atoms with Crippen LogP contribution in [0.3, 0.4) is 0 Å². The number of nitrogens with one attached hydrogen (secondary N) is 2. The minimum absolute atomic E-state index is 0.0882. The van der Waals surface area contributed by atoms with E-state index in [1.807, 2.05) is 10.6 Å². The molecule has 0 saturated heterocycles. The molecule has 0 heterocycles. The van der Waals surface area contributed by atoms with Gasteiger partial charge in [0.1, 0.15) is 9.85 Å². The normalized spacial score (nSPS) is 9.56. The van der Waals surface area contributed by atoms with Crippen LogP contribution in [0.5, 0.6) is 0 Å². The Kier molecular flexibility index (Phi) is 5.55. The molecule has 0 aliphatic heterocycles. The van der Waals surface area contributed by atoms with Crippen molar-refractivity contribution in [3.8, 4) is 0 Å². The van der Waals surface area contributed by atoms with Crippen LogP contribution in [0.15, 0.2) is 0 Å². The van der Waals surface area contributed by atoms with E-state index in [0.29, 0.717) is 0 Å². The smallest absolute Gasteiger partial charge is 0.339 e. The Morgan fingerprint density at radius 3 is 1.78 bits per heavy atom. The molecule has 0 aliphatic rings. The topological polar surface area (TPSA) is 151 Å². The summed E-state index contributed by atoms with van der Waals surface area (Å²) >= 11 is 5.33. The summed E-state index contributed by atoms with van der Waals surface area (Å²) in [6.07, 6.45) is -2.74. The van der Waals surface area contributed by atoms with Gasteiger partial charge in [0.25, 0.3) is 0 Å². The van der Waals surface area contributed by atoms with Crippen molar-refractivity contribution in [3.63, 3.8) is 0 Å². The summed E-state index contributed by atoms with van der Waals surface area (Å²) in [5, 5.41) is 24.8. The number of amides is 4. The molecule has 2 N–H and O–H groups in total. The number of carbonyl (C=O) groups is 2. The Morgan fingerprint density at radius 1 is 1.11 bits per heavy atom. The van der Waals surface area contributed by atoms with Crippen molar-refractivity contribution in [1.82, 2.24) is 20.2 Å². The maximum absolute atomic E-state index is 11.3. The van der Waals surface area contributed by atoms with Crippen molar-refractivity contribution in [2.75, 3.05) is 14.1 Å². The van der Waals surface area contributed by atoms with Crippen LogP contribution in [0.4, 0.5) is 9.59 Å². The second-order valence-corrected chi connectivity index (χ2v) is 2.95. The Hall–Kier alpha value is -2.37. The lowest BCUT2D eigenvalue weighted by Crippen LogP contribution is -2.60. The molecule has 12 nitrogen and oxygen atoms in total. The maximum atomic E-state index is 11.3. The zero-order chi connectivity index (χ0) is 14.5. The quantitative estimate of drug-likeness (QED) is 0.299. The zero-order valence-electron chi connectivity index (χ0n) is 9.19. The summed E-state index contributed by atoms with van der Waals surface area (Å²) in [4.78, 5) is 40.8. The number of nitrogens with zero attached hydrogens (tertiary/aromatic N) is 4. The fourth-order valence-corrected chi connectivity index (χ4v) is 1.07. The number of urea groups is 2. The van der Waals surface area contributed by atoms with E-state index in [1.165, 1.54) is 0 Å². The molecule has 0 rings (SSSR count). The van der Waals surface area contributed by atoms with Crippen LogP contribution >= 0.6 is 11.8 Å². The SMILES string of the molecule is CNC(=O)N(Cl)N(C(=O)NC)C([N+](=O)[O-])[N+](=O)[O-]. The molecule has 0 fully saturated rings. The van der Waals surface area contributed by atoms with Gasteiger partial charge in [-0.25, -0.2) is 9.59 Å². The van der Waals surface area contributed by atoms with Crippen LogP contribution in [0, 0.1) is 20.2 Å². The van der Waals surface area contributed by atoms with E-state index >= 15 is 0 Å². The molecule has 102 valence electrons. The largest absolute Gasteiger partial charge is 0.557 e. The van der Waals surface area contributed by atoms with Crippen molar-refractivity contribution in [2.45, 2.75) is 6.29 Å². The molecule has 18 heavy (non-hydrogen) atoms. The van der Waals surface area contributed by atoms with Gasteiger partial charge in [0, 0.05) is 25.9 Å². The van der Waals surface area contributed by atoms with Gasteiger partial charge in [-0.15, -0.1) is 4.53 Å². The van der Waals surface area contributed by atoms with Crippen LogP contribution in [-0.2, 0) is 0 Å². The molecular weight excluding hydrogens is 276 g/mol. The summed E-state index contributed by atoms with van der Waals surface area (Å²) in [5.41, 5.74) is 0. The Bertz CT molecular complexity index is 361. The first kappa shape index (κ1) is 15.6. The number of hydrogen-bond acceptors (Lipinski definition) is 6. The minimum Gasteiger partial charge on any atom is -0.339 e. The summed E-state index contributed by atoms with van der Waals surface area (Å²) in [6.45, 7) is 0. The van der Waals surface area contributed by atoms with Gasteiger partial charge >= 0.3 is 18.4 Å². The first-order valence-electron chi connectivity index (χ1n) is 4.23. The first-order valence-corrected chi connectivity index (χ1v) is 4.57. The number of rotatable bonds is 3. The van der Waals surface area contributed by atoms with Gasteiger partial charge in [0.15, 0.2) is 0 Å². The van der Waals surface area contributed by atoms with Crippen molar-refractivity contribution in [2.24, 2.45) is 0 Å². The van der Waals surface area contributed by atoms with Gasteiger partial charge in [0.2, 0.25) is 0 Å². The molecule has 0 aromatic heterocycles. The molecule has 13 heteroatoms. The monoisotopic (exact) mass is 284 g/mol. The maximum Gasteiger partial charge on any atom is 0.557 e. The van der Waals surface area contributed by atoms with Crippen LogP contribution in [0.1, 0.15) is 0 Å². The number of nitro groups is 2. The second kappa shape index (κ2) is 6.39. The molecular formula is C5H9ClN6O6. The highest BCUT2D eigenvalue weighted by atomic mass is 35.5. The highest BCUT2D eigenvalue weighted by Crippen LogP contribution is 2.10. The van der Waals surface area contributed by atoms with Gasteiger partial charge in [-0.05, 0) is 0 Å². The lowest BCUT2D eigenvalue weighted by Gasteiger charge is -2.24. The number of hydrogen-bond donors (Lipinski definition) is 2. The Morgan fingerprint density at radius 2 is 1.50 bits per heavy atom. The molecule has 4 amide bonds. The molecule has 0 unspecified atom stereocenters. The lowest BCUT2D eigenvalue weighted by atomic mass is 10.7. The summed E-state index contributed by atoms with van der Waals surface area (Å²) in [6, 6.07) is -2.46. The molecule has 0 radical (unpaired) electrons. The summed E-state index contributed by atoms with van der Waals surface area (Å²) in [5.74, 6) is 0. The molecule has 0 aliphatic carbocycles. The molecule has 0 bridgehead atoms. The standard InChI is InChI=1S/C5H9ClN6O6/c1-7-3(13)9(10(6)4(14)8-2)5(11(15)16)12(17)18/h5H,1-2H3,(H,7,13)(H,8,14). The minimum atomic E-state index is -2.74. The van der Waals surface area contributed by atoms with Crippen molar-refractivity contribution in [1.29, 1.82) is 0 Å². The number of halogens is 1. The Labute approximate surface area is 105 Å². The number of hydrazine groups is 1. The van der Waals surface area contributed by atoms with Crippen LogP contribution in [0.2, 0.25) is 0 Å². The van der Waals surface area contributed by atoms with Gasteiger partial charge in [0.05, 0.1) is 0 Å². The average Bonchev–Trinajstić information content (AvgIpc) is 2.31. The summed E-state index contributed by atoms with van der Waals surface area (Å²) in [7, 11) is 2.17. The van der Waals surface area contributed by atoms with Crippen molar-refractivity contribution < 1.29 is 19.4 Å². The van der Waals surface area contributed by atoms with Gasteiger partial charge < -0.3 is 10.6 Å². The van der Waals surface area contributed by atoms with Crippen LogP contribution in [0.25, 0.3) is 0 Å². The second-order valence-electron chi connectivity index (χ2n) is 2.63. The van der Waals surface area contributed by atoms with Gasteiger partial charge in [-0.1, -0.05) is 5.01 Å². The molecule has 0 aromatic carbocycles. The predicted molar refractivity (Wildman–Crippen MR) is 56.2 cm³/mol. The van der Waals surface area contributed by atoms with E-state index in [-0.39, 0.29) is 9.54 Å². The van der Waals surface area contributed by atoms with Crippen LogP contribution in [-0.4, -0.2) is 51.8 Å². The fourth-order valence-electron chi connectivity index (χ4n) is 0.836. The van der Waals surface area contributed by atoms with E-state index in [9.17, 15) is 29.8 Å². The molecule has 0 atom stereocenters. The molecule has 0 aromatic rings. The van der Waals surface area contributed by atoms with Gasteiger partial charge in [-0.3, -0.25) is 20.2 Å². The van der Waals surface area contributed by atoms with E-state index in [0.717, 1.165) is 14.1 Å². The van der Waals surface area contributed by atoms with Crippen molar-refractivity contribution >= 4 is 23.8 Å². The highest BCUT2D eigenvalue weighted by molar-refractivity contribution is 6.21. The zero-order valence-corrected chi connectivity index (χ0v) is 9.95. The first-order chi connectivity index (χ1) is 8.27. The average molecular weight is 285 g/mol. The van der Waals surface area contributed by atoms with Gasteiger partial charge in [-0.2, -0.15) is 0 Å². The lowest BCUT2D eigenvalue weighted by molar-refractivity contribution is -0.769.